The van der Waals surface area contributed by atoms with Gasteiger partial charge in [0.05, 0.1) is 11.0 Å². The van der Waals surface area contributed by atoms with Crippen molar-refractivity contribution in [3.8, 4) is 27.9 Å². The van der Waals surface area contributed by atoms with Gasteiger partial charge in [0, 0.05) is 67.6 Å². The van der Waals surface area contributed by atoms with Gasteiger partial charge in [0.15, 0.2) is 0 Å². The summed E-state index contributed by atoms with van der Waals surface area (Å²) in [6, 6.07) is 60.0. The van der Waals surface area contributed by atoms with Crippen LogP contribution in [0.15, 0.2) is 168 Å². The fraction of sp³-hybridized carbons (Fsp3) is 0. The lowest BCUT2D eigenvalue weighted by Crippen LogP contribution is -1.93. The molecule has 0 atom stereocenters. The summed E-state index contributed by atoms with van der Waals surface area (Å²) in [5, 5.41) is 10.1. The van der Waals surface area contributed by atoms with E-state index in [0.717, 1.165) is 21.9 Å². The van der Waals surface area contributed by atoms with Crippen LogP contribution in [0.25, 0.3) is 112 Å². The minimum atomic E-state index is 0.915. The molecule has 0 aliphatic carbocycles. The lowest BCUT2D eigenvalue weighted by atomic mass is 9.99. The molecule has 0 aliphatic rings. The summed E-state index contributed by atoms with van der Waals surface area (Å²) in [5.74, 6) is 0. The summed E-state index contributed by atoms with van der Waals surface area (Å²) in [5.41, 5.74) is 10.3. The number of thiophene rings is 2. The van der Waals surface area contributed by atoms with Crippen molar-refractivity contribution in [3.05, 3.63) is 164 Å². The maximum absolute atomic E-state index is 6.29. The normalized spacial score (nSPS) is 12.2. The van der Waals surface area contributed by atoms with Crippen LogP contribution in [-0.4, -0.2) is 4.57 Å². The number of rotatable bonds is 3. The third-order valence-corrected chi connectivity index (χ3v) is 13.1. The largest absolute Gasteiger partial charge is 0.456 e. The Hall–Kier alpha value is -6.20. The number of aromatic nitrogens is 1. The van der Waals surface area contributed by atoms with Crippen LogP contribution in [-0.2, 0) is 0 Å². The van der Waals surface area contributed by atoms with Crippen molar-refractivity contribution in [2.75, 3.05) is 0 Å². The predicted molar refractivity (Wildman–Crippen MR) is 225 cm³/mol. The molecule has 0 fully saturated rings. The van der Waals surface area contributed by atoms with Crippen molar-refractivity contribution in [1.82, 2.24) is 4.57 Å². The standard InChI is InChI=1S/C48H27NOS2/c1-2-8-28(9-3-1)29-14-18-43-35(22-29)36-23-30(15-19-44(36)50-43)31-16-20-45-37(24-31)39-26-40-38-25-32(17-21-46(38)52-48(40)27-47(39)51-45)49-41-12-6-4-10-33(41)34-11-5-7-13-42(34)49/h1-27H. The van der Waals surface area contributed by atoms with Gasteiger partial charge in [0.1, 0.15) is 11.2 Å². The molecule has 0 saturated carbocycles. The minimum Gasteiger partial charge on any atom is -0.456 e. The molecule has 0 radical (unpaired) electrons. The molecule has 4 heterocycles. The fourth-order valence-electron chi connectivity index (χ4n) is 8.32. The fourth-order valence-corrected chi connectivity index (χ4v) is 10.6. The van der Waals surface area contributed by atoms with Gasteiger partial charge in [0.25, 0.3) is 0 Å². The zero-order valence-electron chi connectivity index (χ0n) is 27.8. The van der Waals surface area contributed by atoms with E-state index in [0.29, 0.717) is 0 Å². The number of fused-ring (bicyclic) bond motifs is 12. The van der Waals surface area contributed by atoms with Crippen LogP contribution in [0.2, 0.25) is 0 Å². The molecule has 0 amide bonds. The molecule has 0 spiro atoms. The van der Waals surface area contributed by atoms with E-state index in [1.165, 1.54) is 90.1 Å². The van der Waals surface area contributed by atoms with Gasteiger partial charge in [0.2, 0.25) is 0 Å². The topological polar surface area (TPSA) is 18.1 Å². The van der Waals surface area contributed by atoms with Gasteiger partial charge in [-0.05, 0) is 101 Å². The maximum Gasteiger partial charge on any atom is 0.135 e. The average Bonchev–Trinajstić information content (AvgIpc) is 3.95. The highest BCUT2D eigenvalue weighted by Gasteiger charge is 2.16. The van der Waals surface area contributed by atoms with Gasteiger partial charge in [-0.3, -0.25) is 0 Å². The first-order valence-electron chi connectivity index (χ1n) is 17.6. The Morgan fingerprint density at radius 3 is 1.48 bits per heavy atom. The van der Waals surface area contributed by atoms with Crippen molar-refractivity contribution in [1.29, 1.82) is 0 Å². The smallest absolute Gasteiger partial charge is 0.135 e. The minimum absolute atomic E-state index is 0.915. The summed E-state index contributed by atoms with van der Waals surface area (Å²) in [7, 11) is 0. The zero-order valence-corrected chi connectivity index (χ0v) is 29.4. The van der Waals surface area contributed by atoms with Crippen molar-refractivity contribution >= 4 is 107 Å². The Bertz CT molecular complexity index is 3360. The summed E-state index contributed by atoms with van der Waals surface area (Å²) in [6.07, 6.45) is 0. The van der Waals surface area contributed by atoms with Gasteiger partial charge < -0.3 is 8.98 Å². The second-order valence-electron chi connectivity index (χ2n) is 13.7. The number of hydrogen-bond acceptors (Lipinski definition) is 3. The van der Waals surface area contributed by atoms with E-state index in [1.54, 1.807) is 0 Å². The number of furan rings is 1. The highest BCUT2D eigenvalue weighted by molar-refractivity contribution is 7.28. The van der Waals surface area contributed by atoms with Crippen molar-refractivity contribution in [3.63, 3.8) is 0 Å². The molecule has 52 heavy (non-hydrogen) atoms. The second kappa shape index (κ2) is 10.7. The van der Waals surface area contributed by atoms with Crippen LogP contribution in [0.5, 0.6) is 0 Å². The summed E-state index contributed by atoms with van der Waals surface area (Å²) in [4.78, 5) is 0. The van der Waals surface area contributed by atoms with Crippen LogP contribution in [0, 0.1) is 0 Å². The molecule has 0 bridgehead atoms. The Kier molecular flexibility index (Phi) is 5.84. The Balaban J connectivity index is 1.01. The number of para-hydroxylation sites is 2. The van der Waals surface area contributed by atoms with Gasteiger partial charge in [-0.15, -0.1) is 22.7 Å². The summed E-state index contributed by atoms with van der Waals surface area (Å²) >= 11 is 3.78. The number of hydrogen-bond donors (Lipinski definition) is 0. The first-order chi connectivity index (χ1) is 25.7. The Labute approximate surface area is 306 Å². The van der Waals surface area contributed by atoms with Crippen LogP contribution in [0.4, 0.5) is 0 Å². The molecule has 0 unspecified atom stereocenters. The molecule has 242 valence electrons. The van der Waals surface area contributed by atoms with Crippen LogP contribution in [0.3, 0.4) is 0 Å². The summed E-state index contributed by atoms with van der Waals surface area (Å²) in [6.45, 7) is 0. The molecule has 0 saturated heterocycles. The van der Waals surface area contributed by atoms with Crippen molar-refractivity contribution < 1.29 is 4.42 Å². The van der Waals surface area contributed by atoms with Crippen LogP contribution in [0.1, 0.15) is 0 Å². The first-order valence-corrected chi connectivity index (χ1v) is 19.2. The Morgan fingerprint density at radius 2 is 0.827 bits per heavy atom. The van der Waals surface area contributed by atoms with E-state index >= 15 is 0 Å². The molecule has 0 aliphatic heterocycles. The SMILES string of the molecule is c1ccc(-c2ccc3oc4ccc(-c5ccc6sc7cc8sc9ccc(-n%10c%11ccccc%11c%11ccccc%11%10)cc9c8cc7c6c5)cc4c3c2)cc1. The second-order valence-corrected chi connectivity index (χ2v) is 15.9. The van der Waals surface area contributed by atoms with E-state index in [4.69, 9.17) is 4.42 Å². The predicted octanol–water partition coefficient (Wildman–Crippen LogP) is 14.8. The van der Waals surface area contributed by atoms with E-state index in [-0.39, 0.29) is 0 Å². The molecule has 12 aromatic rings. The van der Waals surface area contributed by atoms with Gasteiger partial charge in [-0.2, -0.15) is 0 Å². The van der Waals surface area contributed by atoms with E-state index < -0.39 is 0 Å². The van der Waals surface area contributed by atoms with Crippen molar-refractivity contribution in [2.24, 2.45) is 0 Å². The van der Waals surface area contributed by atoms with E-state index in [1.807, 2.05) is 22.7 Å². The summed E-state index contributed by atoms with van der Waals surface area (Å²) < 4.78 is 14.0. The highest BCUT2D eigenvalue weighted by atomic mass is 32.1. The lowest BCUT2D eigenvalue weighted by molar-refractivity contribution is 0.669. The van der Waals surface area contributed by atoms with Gasteiger partial charge in [-0.25, -0.2) is 0 Å². The van der Waals surface area contributed by atoms with Crippen LogP contribution >= 0.6 is 22.7 Å². The van der Waals surface area contributed by atoms with Gasteiger partial charge >= 0.3 is 0 Å². The molecular formula is C48H27NOS2. The number of nitrogens with zero attached hydrogens (tertiary/aromatic N) is 1. The average molecular weight is 698 g/mol. The third kappa shape index (κ3) is 4.11. The van der Waals surface area contributed by atoms with Gasteiger partial charge in [-0.1, -0.05) is 84.9 Å². The molecule has 8 aromatic carbocycles. The van der Waals surface area contributed by atoms with E-state index in [2.05, 4.69) is 168 Å². The highest BCUT2D eigenvalue weighted by Crippen LogP contribution is 2.44. The van der Waals surface area contributed by atoms with Crippen molar-refractivity contribution in [2.45, 2.75) is 0 Å². The lowest BCUT2D eigenvalue weighted by Gasteiger charge is -2.08. The number of benzene rings is 8. The quantitative estimate of drug-likeness (QED) is 0.180. The monoisotopic (exact) mass is 697 g/mol. The molecule has 2 nitrogen and oxygen atoms in total. The maximum atomic E-state index is 6.29. The third-order valence-electron chi connectivity index (χ3n) is 10.8. The molecule has 4 aromatic heterocycles. The zero-order chi connectivity index (χ0) is 33.9. The first kappa shape index (κ1) is 28.5. The molecule has 0 N–H and O–H groups in total. The molecule has 12 rings (SSSR count). The Morgan fingerprint density at radius 1 is 0.327 bits per heavy atom. The molecular weight excluding hydrogens is 671 g/mol. The van der Waals surface area contributed by atoms with E-state index in [9.17, 15) is 0 Å². The molecule has 4 heteroatoms. The van der Waals surface area contributed by atoms with Crippen LogP contribution < -0.4 is 0 Å².